The van der Waals surface area contributed by atoms with Crippen LogP contribution in [0.4, 0.5) is 0 Å². The molecule has 2 aliphatic rings. The zero-order valence-electron chi connectivity index (χ0n) is 16.9. The summed E-state index contributed by atoms with van der Waals surface area (Å²) in [5, 5.41) is 0. The first-order valence-electron chi connectivity index (χ1n) is 9.98. The van der Waals surface area contributed by atoms with Crippen molar-refractivity contribution >= 4 is 17.7 Å². The van der Waals surface area contributed by atoms with Gasteiger partial charge < -0.3 is 19.3 Å². The fraction of sp³-hybridized carbons (Fsp3) is 0.409. The molecule has 1 aromatic heterocycles. The Morgan fingerprint density at radius 3 is 2.66 bits per heavy atom. The molecule has 1 unspecified atom stereocenters. The van der Waals surface area contributed by atoms with Gasteiger partial charge in [0.2, 0.25) is 11.8 Å². The molecule has 0 saturated carbocycles. The molecule has 7 heteroatoms. The lowest BCUT2D eigenvalue weighted by Gasteiger charge is -2.39. The Bertz CT molecular complexity index is 951. The van der Waals surface area contributed by atoms with E-state index in [2.05, 4.69) is 0 Å². The zero-order chi connectivity index (χ0) is 20.5. The van der Waals surface area contributed by atoms with Crippen LogP contribution in [-0.2, 0) is 23.2 Å². The highest BCUT2D eigenvalue weighted by Crippen LogP contribution is 2.22. The number of rotatable bonds is 3. The number of aromatic nitrogens is 1. The van der Waals surface area contributed by atoms with Crippen molar-refractivity contribution in [2.24, 2.45) is 7.05 Å². The average Bonchev–Trinajstić information content (AvgIpc) is 2.98. The van der Waals surface area contributed by atoms with E-state index in [0.29, 0.717) is 38.3 Å². The van der Waals surface area contributed by atoms with Crippen LogP contribution in [0.5, 0.6) is 0 Å². The van der Waals surface area contributed by atoms with Crippen molar-refractivity contribution in [3.05, 3.63) is 59.4 Å². The molecule has 29 heavy (non-hydrogen) atoms. The molecule has 0 spiro atoms. The van der Waals surface area contributed by atoms with E-state index in [1.165, 1.54) is 0 Å². The normalized spacial score (nSPS) is 19.9. The third-order valence-corrected chi connectivity index (χ3v) is 5.81. The molecule has 7 nitrogen and oxygen atoms in total. The van der Waals surface area contributed by atoms with Gasteiger partial charge in [0.05, 0.1) is 0 Å². The number of carbonyl (C=O) groups is 3. The Hall–Kier alpha value is -3.09. The third kappa shape index (κ3) is 3.77. The number of aryl methyl sites for hydroxylation is 2. The number of fused-ring (bicyclic) bond motifs is 1. The van der Waals surface area contributed by atoms with E-state index in [-0.39, 0.29) is 24.3 Å². The molecular formula is C22H26N4O3. The number of amides is 3. The smallest absolute Gasteiger partial charge is 0.270 e. The van der Waals surface area contributed by atoms with E-state index in [4.69, 9.17) is 0 Å². The Morgan fingerprint density at radius 1 is 1.10 bits per heavy atom. The van der Waals surface area contributed by atoms with Crippen LogP contribution in [0.3, 0.4) is 0 Å². The lowest BCUT2D eigenvalue weighted by molar-refractivity contribution is -0.156. The summed E-state index contributed by atoms with van der Waals surface area (Å²) in [7, 11) is 1.84. The highest BCUT2D eigenvalue weighted by atomic mass is 16.2. The highest BCUT2D eigenvalue weighted by Gasteiger charge is 2.41. The maximum atomic E-state index is 13.1. The summed E-state index contributed by atoms with van der Waals surface area (Å²) < 4.78 is 1.79. The second-order valence-corrected chi connectivity index (χ2v) is 7.87. The van der Waals surface area contributed by atoms with E-state index >= 15 is 0 Å². The fourth-order valence-electron chi connectivity index (χ4n) is 4.24. The second-order valence-electron chi connectivity index (χ2n) is 7.87. The SMILES string of the molecule is Cc1cccc(CN2CC(=O)N3CCN(C(=O)c4cccn4C)CCC3C2=O)c1. The monoisotopic (exact) mass is 394 g/mol. The van der Waals surface area contributed by atoms with Gasteiger partial charge in [-0.2, -0.15) is 0 Å². The minimum Gasteiger partial charge on any atom is -0.347 e. The minimum atomic E-state index is -0.493. The predicted octanol–water partition coefficient (Wildman–Crippen LogP) is 1.42. The van der Waals surface area contributed by atoms with Crippen molar-refractivity contribution in [1.29, 1.82) is 0 Å². The predicted molar refractivity (Wildman–Crippen MR) is 108 cm³/mol. The molecule has 2 aliphatic heterocycles. The molecule has 2 aromatic rings. The standard InChI is InChI=1S/C22H26N4O3/c1-16-5-3-6-17(13-16)14-25-15-20(27)26-12-11-24(10-8-19(26)22(25)29)21(28)18-7-4-9-23(18)2/h3-7,9,13,19H,8,10-12,14-15H2,1-2H3. The Balaban J connectivity index is 1.48. The van der Waals surface area contributed by atoms with Gasteiger partial charge in [0.25, 0.3) is 5.91 Å². The Labute approximate surface area is 170 Å². The van der Waals surface area contributed by atoms with E-state index in [0.717, 1.165) is 11.1 Å². The van der Waals surface area contributed by atoms with E-state index in [1.807, 2.05) is 50.5 Å². The summed E-state index contributed by atoms with van der Waals surface area (Å²) in [6.45, 7) is 3.83. The van der Waals surface area contributed by atoms with Gasteiger partial charge in [-0.25, -0.2) is 0 Å². The van der Waals surface area contributed by atoms with Crippen LogP contribution >= 0.6 is 0 Å². The summed E-state index contributed by atoms with van der Waals surface area (Å²) in [4.78, 5) is 43.8. The lowest BCUT2D eigenvalue weighted by Crippen LogP contribution is -2.59. The molecule has 0 bridgehead atoms. The van der Waals surface area contributed by atoms with Gasteiger partial charge in [-0.3, -0.25) is 14.4 Å². The summed E-state index contributed by atoms with van der Waals surface area (Å²) in [5.74, 6) is -0.136. The van der Waals surface area contributed by atoms with Crippen LogP contribution in [-0.4, -0.2) is 69.2 Å². The average molecular weight is 394 g/mol. The number of piperazine rings is 1. The molecular weight excluding hydrogens is 368 g/mol. The summed E-state index contributed by atoms with van der Waals surface area (Å²) in [6.07, 6.45) is 2.30. The summed E-state index contributed by atoms with van der Waals surface area (Å²) in [5.41, 5.74) is 2.77. The van der Waals surface area contributed by atoms with Crippen LogP contribution < -0.4 is 0 Å². The molecule has 4 rings (SSSR count). The zero-order valence-corrected chi connectivity index (χ0v) is 16.9. The van der Waals surface area contributed by atoms with Crippen molar-refractivity contribution < 1.29 is 14.4 Å². The van der Waals surface area contributed by atoms with Gasteiger partial charge in [-0.15, -0.1) is 0 Å². The Kier molecular flexibility index (Phi) is 5.13. The van der Waals surface area contributed by atoms with Crippen LogP contribution in [0.25, 0.3) is 0 Å². The molecule has 3 heterocycles. The largest absolute Gasteiger partial charge is 0.347 e. The van der Waals surface area contributed by atoms with Crippen LogP contribution in [0, 0.1) is 6.92 Å². The Morgan fingerprint density at radius 2 is 1.93 bits per heavy atom. The summed E-state index contributed by atoms with van der Waals surface area (Å²) >= 11 is 0. The fourth-order valence-corrected chi connectivity index (χ4v) is 4.24. The maximum absolute atomic E-state index is 13.1. The number of benzene rings is 1. The maximum Gasteiger partial charge on any atom is 0.270 e. The molecule has 3 amide bonds. The van der Waals surface area contributed by atoms with E-state index in [1.54, 1.807) is 25.3 Å². The van der Waals surface area contributed by atoms with Gasteiger partial charge in [0.15, 0.2) is 0 Å². The first-order valence-corrected chi connectivity index (χ1v) is 9.98. The van der Waals surface area contributed by atoms with Crippen molar-refractivity contribution in [1.82, 2.24) is 19.3 Å². The molecule has 1 aromatic carbocycles. The van der Waals surface area contributed by atoms with E-state index < -0.39 is 6.04 Å². The van der Waals surface area contributed by atoms with Gasteiger partial charge in [-0.05, 0) is 31.0 Å². The molecule has 2 fully saturated rings. The van der Waals surface area contributed by atoms with E-state index in [9.17, 15) is 14.4 Å². The van der Waals surface area contributed by atoms with Crippen LogP contribution in [0.2, 0.25) is 0 Å². The highest BCUT2D eigenvalue weighted by molar-refractivity contribution is 5.96. The van der Waals surface area contributed by atoms with Crippen LogP contribution in [0.15, 0.2) is 42.6 Å². The first kappa shape index (κ1) is 19.2. The summed E-state index contributed by atoms with van der Waals surface area (Å²) in [6, 6.07) is 11.1. The molecule has 2 saturated heterocycles. The van der Waals surface area contributed by atoms with Gasteiger partial charge in [0, 0.05) is 39.4 Å². The van der Waals surface area contributed by atoms with Crippen molar-refractivity contribution in [2.75, 3.05) is 26.2 Å². The molecule has 1 atom stereocenters. The quantitative estimate of drug-likeness (QED) is 0.791. The van der Waals surface area contributed by atoms with Crippen LogP contribution in [0.1, 0.15) is 28.0 Å². The molecule has 0 N–H and O–H groups in total. The van der Waals surface area contributed by atoms with Crippen molar-refractivity contribution in [3.8, 4) is 0 Å². The minimum absolute atomic E-state index is 0.0285. The molecule has 152 valence electrons. The number of nitrogens with zero attached hydrogens (tertiary/aromatic N) is 4. The number of carbonyl (C=O) groups excluding carboxylic acids is 3. The van der Waals surface area contributed by atoms with Crippen molar-refractivity contribution in [2.45, 2.75) is 25.9 Å². The van der Waals surface area contributed by atoms with Gasteiger partial charge >= 0.3 is 0 Å². The third-order valence-electron chi connectivity index (χ3n) is 5.81. The second kappa shape index (κ2) is 7.73. The van der Waals surface area contributed by atoms with Crippen molar-refractivity contribution in [3.63, 3.8) is 0 Å². The topological polar surface area (TPSA) is 65.9 Å². The molecule has 0 radical (unpaired) electrons. The number of hydrogen-bond acceptors (Lipinski definition) is 3. The molecule has 0 aliphatic carbocycles. The van der Waals surface area contributed by atoms with Gasteiger partial charge in [0.1, 0.15) is 18.3 Å². The number of hydrogen-bond donors (Lipinski definition) is 0. The van der Waals surface area contributed by atoms with Gasteiger partial charge in [-0.1, -0.05) is 29.8 Å². The lowest BCUT2D eigenvalue weighted by atomic mass is 10.1. The first-order chi connectivity index (χ1) is 13.9.